The Morgan fingerprint density at radius 1 is 1.52 bits per heavy atom. The molecule has 1 heterocycles. The van der Waals surface area contributed by atoms with Crippen LogP contribution in [0, 0.1) is 5.92 Å². The van der Waals surface area contributed by atoms with Crippen LogP contribution in [0.25, 0.3) is 0 Å². The zero-order chi connectivity index (χ0) is 15.8. The predicted octanol–water partition coefficient (Wildman–Crippen LogP) is 1.37. The highest BCUT2D eigenvalue weighted by Gasteiger charge is 2.33. The number of sulfonamides is 1. The molecule has 8 heteroatoms. The molecule has 1 aromatic rings. The lowest BCUT2D eigenvalue weighted by Crippen LogP contribution is -2.44. The summed E-state index contributed by atoms with van der Waals surface area (Å²) >= 11 is 10.9. The molecule has 0 aromatic heterocycles. The van der Waals surface area contributed by atoms with Gasteiger partial charge < -0.3 is 10.8 Å². The lowest BCUT2D eigenvalue weighted by molar-refractivity contribution is 0.0628. The average Bonchev–Trinajstić information content (AvgIpc) is 2.41. The Bertz CT molecular complexity index is 663. The SMILES string of the molecule is CC1CN(S(=O)(=O)c2ccc(C(N)=S)cc2Cl)CCC1O. The summed E-state index contributed by atoms with van der Waals surface area (Å²) in [5.74, 6) is -0.108. The van der Waals surface area contributed by atoms with Gasteiger partial charge in [-0.3, -0.25) is 0 Å². The Morgan fingerprint density at radius 3 is 2.71 bits per heavy atom. The molecule has 0 radical (unpaired) electrons. The van der Waals surface area contributed by atoms with Crippen LogP contribution in [0.4, 0.5) is 0 Å². The van der Waals surface area contributed by atoms with Crippen LogP contribution < -0.4 is 5.73 Å². The Hall–Kier alpha value is -0.730. The lowest BCUT2D eigenvalue weighted by atomic mass is 9.99. The van der Waals surface area contributed by atoms with Gasteiger partial charge in [0, 0.05) is 18.7 Å². The van der Waals surface area contributed by atoms with Crippen LogP contribution in [0.2, 0.25) is 5.02 Å². The van der Waals surface area contributed by atoms with Crippen LogP contribution in [-0.2, 0) is 10.0 Å². The van der Waals surface area contributed by atoms with Crippen LogP contribution >= 0.6 is 23.8 Å². The molecule has 0 amide bonds. The number of piperidine rings is 1. The van der Waals surface area contributed by atoms with E-state index < -0.39 is 16.1 Å². The van der Waals surface area contributed by atoms with E-state index in [2.05, 4.69) is 0 Å². The molecule has 1 saturated heterocycles. The van der Waals surface area contributed by atoms with Crippen LogP contribution in [0.3, 0.4) is 0 Å². The zero-order valence-corrected chi connectivity index (χ0v) is 13.9. The van der Waals surface area contributed by atoms with Crippen molar-refractivity contribution in [1.82, 2.24) is 4.31 Å². The minimum Gasteiger partial charge on any atom is -0.393 e. The molecule has 2 atom stereocenters. The van der Waals surface area contributed by atoms with Gasteiger partial charge in [0.15, 0.2) is 0 Å². The van der Waals surface area contributed by atoms with Gasteiger partial charge in [-0.1, -0.05) is 36.8 Å². The van der Waals surface area contributed by atoms with Crippen molar-refractivity contribution in [2.45, 2.75) is 24.3 Å². The van der Waals surface area contributed by atoms with Crippen molar-refractivity contribution in [3.8, 4) is 0 Å². The average molecular weight is 349 g/mol. The van der Waals surface area contributed by atoms with Crippen molar-refractivity contribution in [3.05, 3.63) is 28.8 Å². The molecule has 1 aliphatic rings. The standard InChI is InChI=1S/C13H17ClN2O3S2/c1-8-7-16(5-4-11(8)17)21(18,19)12-3-2-9(13(15)20)6-10(12)14/h2-3,6,8,11,17H,4-5,7H2,1H3,(H2,15,20). The highest BCUT2D eigenvalue weighted by Crippen LogP contribution is 2.29. The number of nitrogens with zero attached hydrogens (tertiary/aromatic N) is 1. The van der Waals surface area contributed by atoms with Gasteiger partial charge in [-0.2, -0.15) is 4.31 Å². The largest absolute Gasteiger partial charge is 0.393 e. The molecule has 21 heavy (non-hydrogen) atoms. The molecule has 1 fully saturated rings. The highest BCUT2D eigenvalue weighted by atomic mass is 35.5. The molecular weight excluding hydrogens is 332 g/mol. The minimum absolute atomic E-state index is 0.0350. The van der Waals surface area contributed by atoms with Gasteiger partial charge in [0.25, 0.3) is 0 Å². The van der Waals surface area contributed by atoms with E-state index in [1.807, 2.05) is 6.92 Å². The van der Waals surface area contributed by atoms with E-state index in [4.69, 9.17) is 29.6 Å². The number of benzene rings is 1. The molecule has 2 rings (SSSR count). The second-order valence-corrected chi connectivity index (χ2v) is 7.96. The molecule has 5 nitrogen and oxygen atoms in total. The van der Waals surface area contributed by atoms with E-state index in [0.29, 0.717) is 12.0 Å². The van der Waals surface area contributed by atoms with Gasteiger partial charge in [0.05, 0.1) is 11.1 Å². The molecule has 1 aromatic carbocycles. The molecule has 1 aliphatic heterocycles. The summed E-state index contributed by atoms with van der Waals surface area (Å²) in [5, 5.41) is 9.80. The van der Waals surface area contributed by atoms with E-state index in [-0.39, 0.29) is 33.9 Å². The third kappa shape index (κ3) is 3.37. The minimum atomic E-state index is -3.69. The van der Waals surface area contributed by atoms with E-state index in [1.54, 1.807) is 6.07 Å². The third-order valence-electron chi connectivity index (χ3n) is 3.66. The monoisotopic (exact) mass is 348 g/mol. The Labute approximate surface area is 134 Å². The maximum Gasteiger partial charge on any atom is 0.244 e. The number of rotatable bonds is 3. The maximum absolute atomic E-state index is 12.6. The first-order valence-electron chi connectivity index (χ1n) is 6.51. The lowest BCUT2D eigenvalue weighted by Gasteiger charge is -2.33. The van der Waals surface area contributed by atoms with Crippen molar-refractivity contribution >= 4 is 38.8 Å². The Morgan fingerprint density at radius 2 is 2.19 bits per heavy atom. The smallest absolute Gasteiger partial charge is 0.244 e. The quantitative estimate of drug-likeness (QED) is 0.806. The molecule has 0 bridgehead atoms. The van der Waals surface area contributed by atoms with Crippen molar-refractivity contribution in [2.24, 2.45) is 11.7 Å². The van der Waals surface area contributed by atoms with Crippen molar-refractivity contribution in [1.29, 1.82) is 0 Å². The topological polar surface area (TPSA) is 83.6 Å². The number of aliphatic hydroxyl groups excluding tert-OH is 1. The van der Waals surface area contributed by atoms with Crippen LogP contribution in [0.5, 0.6) is 0 Å². The van der Waals surface area contributed by atoms with E-state index in [9.17, 15) is 13.5 Å². The molecule has 2 unspecified atom stereocenters. The number of thiocarbonyl (C=S) groups is 1. The molecule has 116 valence electrons. The first kappa shape index (κ1) is 16.6. The fourth-order valence-corrected chi connectivity index (χ4v) is 4.52. The second kappa shape index (κ2) is 6.18. The molecule has 0 saturated carbocycles. The first-order valence-corrected chi connectivity index (χ1v) is 8.73. The summed E-state index contributed by atoms with van der Waals surface area (Å²) in [5.41, 5.74) is 6.03. The highest BCUT2D eigenvalue weighted by molar-refractivity contribution is 7.89. The summed E-state index contributed by atoms with van der Waals surface area (Å²) in [6.45, 7) is 2.38. The number of aliphatic hydroxyl groups is 1. The van der Waals surface area contributed by atoms with Crippen LogP contribution in [0.15, 0.2) is 23.1 Å². The van der Waals surface area contributed by atoms with Crippen molar-refractivity contribution in [3.63, 3.8) is 0 Å². The van der Waals surface area contributed by atoms with E-state index >= 15 is 0 Å². The summed E-state index contributed by atoms with van der Waals surface area (Å²) in [4.78, 5) is 0.198. The van der Waals surface area contributed by atoms with Gasteiger partial charge in [-0.05, 0) is 24.5 Å². The summed E-state index contributed by atoms with van der Waals surface area (Å²) in [7, 11) is -3.69. The van der Waals surface area contributed by atoms with Gasteiger partial charge in [-0.15, -0.1) is 0 Å². The normalized spacial score (nSPS) is 24.0. The molecular formula is C13H17ClN2O3S2. The maximum atomic E-state index is 12.6. The van der Waals surface area contributed by atoms with E-state index in [1.165, 1.54) is 16.4 Å². The molecule has 3 N–H and O–H groups in total. The van der Waals surface area contributed by atoms with Gasteiger partial charge in [0.2, 0.25) is 10.0 Å². The van der Waals surface area contributed by atoms with Crippen LogP contribution in [0.1, 0.15) is 18.9 Å². The Balaban J connectivity index is 2.34. The van der Waals surface area contributed by atoms with Crippen molar-refractivity contribution < 1.29 is 13.5 Å². The number of halogens is 1. The summed E-state index contributed by atoms with van der Waals surface area (Å²) in [6.07, 6.45) is -0.0490. The molecule has 0 aliphatic carbocycles. The number of hydrogen-bond acceptors (Lipinski definition) is 4. The fraction of sp³-hybridized carbons (Fsp3) is 0.462. The Kier molecular flexibility index (Phi) is 4.89. The third-order valence-corrected chi connectivity index (χ3v) is 6.24. The van der Waals surface area contributed by atoms with Gasteiger partial charge in [0.1, 0.15) is 9.88 Å². The van der Waals surface area contributed by atoms with Crippen molar-refractivity contribution in [2.75, 3.05) is 13.1 Å². The van der Waals surface area contributed by atoms with Crippen LogP contribution in [-0.4, -0.2) is 42.0 Å². The molecule has 0 spiro atoms. The summed E-state index contributed by atoms with van der Waals surface area (Å²) < 4.78 is 26.6. The number of hydrogen-bond donors (Lipinski definition) is 2. The van der Waals surface area contributed by atoms with Gasteiger partial charge >= 0.3 is 0 Å². The zero-order valence-electron chi connectivity index (χ0n) is 11.5. The predicted molar refractivity (Wildman–Crippen MR) is 85.9 cm³/mol. The summed E-state index contributed by atoms with van der Waals surface area (Å²) in [6, 6.07) is 4.42. The number of nitrogens with two attached hydrogens (primary N) is 1. The first-order chi connectivity index (χ1) is 9.73. The van der Waals surface area contributed by atoms with E-state index in [0.717, 1.165) is 0 Å². The van der Waals surface area contributed by atoms with Gasteiger partial charge in [-0.25, -0.2) is 8.42 Å². The fourth-order valence-electron chi connectivity index (χ4n) is 2.32. The second-order valence-electron chi connectivity index (χ2n) is 5.21.